The smallest absolute Gasteiger partial charge is 0.356 e. The Labute approximate surface area is 120 Å². The molecule has 0 radical (unpaired) electrons. The maximum Gasteiger partial charge on any atom is 0.356 e. The Morgan fingerprint density at radius 3 is 2.95 bits per heavy atom. The van der Waals surface area contributed by atoms with Crippen molar-refractivity contribution in [3.05, 3.63) is 48.3 Å². The molecule has 3 aromatic rings. The zero-order valence-electron chi connectivity index (χ0n) is 11.5. The molecule has 0 saturated carbocycles. The number of nitrogens with zero attached hydrogens (tertiary/aromatic N) is 4. The molecule has 0 bridgehead atoms. The first-order valence-electron chi connectivity index (χ1n) is 6.57. The van der Waals surface area contributed by atoms with Gasteiger partial charge in [-0.3, -0.25) is 4.40 Å². The molecule has 0 amide bonds. The Balaban J connectivity index is 1.82. The molecule has 7 heteroatoms. The van der Waals surface area contributed by atoms with Gasteiger partial charge in [0.15, 0.2) is 11.5 Å². The maximum absolute atomic E-state index is 11.4. The van der Waals surface area contributed by atoms with Gasteiger partial charge in [-0.2, -0.15) is 0 Å². The fourth-order valence-corrected chi connectivity index (χ4v) is 2.25. The summed E-state index contributed by atoms with van der Waals surface area (Å²) < 4.78 is 3.49. The van der Waals surface area contributed by atoms with Crippen molar-refractivity contribution in [1.82, 2.24) is 18.9 Å². The van der Waals surface area contributed by atoms with Crippen LogP contribution in [-0.4, -0.2) is 36.6 Å². The lowest BCUT2D eigenvalue weighted by atomic mass is 10.3. The van der Waals surface area contributed by atoms with Crippen molar-refractivity contribution >= 4 is 17.4 Å². The fraction of sp³-hybridized carbons (Fsp3) is 0.214. The summed E-state index contributed by atoms with van der Waals surface area (Å²) in [6.45, 7) is 0.564. The molecule has 108 valence electrons. The summed E-state index contributed by atoms with van der Waals surface area (Å²) >= 11 is 0. The Bertz CT molecular complexity index is 790. The molecule has 0 atom stereocenters. The molecule has 3 heterocycles. The third kappa shape index (κ3) is 2.45. The summed E-state index contributed by atoms with van der Waals surface area (Å²) in [5, 5.41) is 12.4. The second kappa shape index (κ2) is 5.28. The molecule has 0 unspecified atom stereocenters. The highest BCUT2D eigenvalue weighted by molar-refractivity contribution is 5.92. The number of aromatic carboxylic acids is 1. The molecule has 0 spiro atoms. The number of fused-ring (bicyclic) bond motifs is 1. The monoisotopic (exact) mass is 285 g/mol. The number of imidazole rings is 2. The number of carboxylic acid groups (broad SMARTS) is 1. The molecule has 0 aliphatic rings. The lowest BCUT2D eigenvalue weighted by molar-refractivity contribution is 0.0690. The Kier molecular flexibility index (Phi) is 3.31. The Morgan fingerprint density at radius 1 is 1.38 bits per heavy atom. The molecule has 0 fully saturated rings. The van der Waals surface area contributed by atoms with E-state index in [9.17, 15) is 9.90 Å². The van der Waals surface area contributed by atoms with Crippen molar-refractivity contribution < 1.29 is 9.90 Å². The van der Waals surface area contributed by atoms with Crippen LogP contribution in [0.15, 0.2) is 36.8 Å². The second-order valence-electron chi connectivity index (χ2n) is 4.67. The van der Waals surface area contributed by atoms with Crippen LogP contribution >= 0.6 is 0 Å². The molecular formula is C14H15N5O2. The number of aryl methyl sites for hydroxylation is 1. The van der Waals surface area contributed by atoms with E-state index in [4.69, 9.17) is 0 Å². The summed E-state index contributed by atoms with van der Waals surface area (Å²) in [5.74, 6) is 0.305. The normalized spacial score (nSPS) is 10.9. The molecule has 21 heavy (non-hydrogen) atoms. The summed E-state index contributed by atoms with van der Waals surface area (Å²) in [6, 6.07) is 5.38. The minimum atomic E-state index is -1.01. The van der Waals surface area contributed by atoms with Gasteiger partial charge in [-0.05, 0) is 12.1 Å². The topological polar surface area (TPSA) is 84.5 Å². The van der Waals surface area contributed by atoms with Crippen molar-refractivity contribution in [3.8, 4) is 0 Å². The van der Waals surface area contributed by atoms with Gasteiger partial charge in [-0.25, -0.2) is 14.8 Å². The molecule has 7 nitrogen and oxygen atoms in total. The van der Waals surface area contributed by atoms with Crippen molar-refractivity contribution in [2.75, 3.05) is 11.9 Å². The van der Waals surface area contributed by atoms with Crippen LogP contribution in [0.3, 0.4) is 0 Å². The van der Waals surface area contributed by atoms with E-state index in [2.05, 4.69) is 15.3 Å². The van der Waals surface area contributed by atoms with Gasteiger partial charge in [0.1, 0.15) is 11.5 Å². The third-order valence-corrected chi connectivity index (χ3v) is 3.29. The minimum absolute atomic E-state index is 0.144. The predicted octanol–water partition coefficient (Wildman–Crippen LogP) is 1.42. The minimum Gasteiger partial charge on any atom is -0.476 e. The molecule has 2 N–H and O–H groups in total. The molecule has 0 aliphatic heterocycles. The number of aromatic nitrogens is 4. The SMILES string of the molecule is Cn1ccnc1CCNc1nc2ccccn2c1C(=O)O. The summed E-state index contributed by atoms with van der Waals surface area (Å²) in [7, 11) is 1.93. The standard InChI is InChI=1S/C14H15N5O2/c1-18-9-7-15-10(18)5-6-16-13-12(14(20)21)19-8-3-2-4-11(19)17-13/h2-4,7-9,16H,5-6H2,1H3,(H,20,21). The van der Waals surface area contributed by atoms with Crippen molar-refractivity contribution in [2.45, 2.75) is 6.42 Å². The van der Waals surface area contributed by atoms with Gasteiger partial charge in [-0.15, -0.1) is 0 Å². The highest BCUT2D eigenvalue weighted by atomic mass is 16.4. The molecule has 3 aromatic heterocycles. The van der Waals surface area contributed by atoms with E-state index in [-0.39, 0.29) is 5.69 Å². The quantitative estimate of drug-likeness (QED) is 0.740. The van der Waals surface area contributed by atoms with Gasteiger partial charge in [0.2, 0.25) is 0 Å². The largest absolute Gasteiger partial charge is 0.476 e. The molecule has 0 saturated heterocycles. The van der Waals surface area contributed by atoms with E-state index in [1.165, 1.54) is 0 Å². The molecule has 0 aromatic carbocycles. The maximum atomic E-state index is 11.4. The van der Waals surface area contributed by atoms with Crippen molar-refractivity contribution in [1.29, 1.82) is 0 Å². The zero-order valence-corrected chi connectivity index (χ0v) is 11.5. The third-order valence-electron chi connectivity index (χ3n) is 3.29. The number of anilines is 1. The number of hydrogen-bond donors (Lipinski definition) is 2. The summed E-state index contributed by atoms with van der Waals surface area (Å²) in [5.41, 5.74) is 0.750. The number of nitrogens with one attached hydrogen (secondary N) is 1. The molecular weight excluding hydrogens is 270 g/mol. The first-order chi connectivity index (χ1) is 10.2. The fourth-order valence-electron chi connectivity index (χ4n) is 2.25. The van der Waals surface area contributed by atoms with Gasteiger partial charge in [0.25, 0.3) is 0 Å². The molecule has 0 aliphatic carbocycles. The van der Waals surface area contributed by atoms with Gasteiger partial charge >= 0.3 is 5.97 Å². The van der Waals surface area contributed by atoms with Gasteiger partial charge in [-0.1, -0.05) is 6.07 Å². The van der Waals surface area contributed by atoms with Crippen LogP contribution < -0.4 is 5.32 Å². The van der Waals surface area contributed by atoms with E-state index in [0.29, 0.717) is 24.4 Å². The molecule has 3 rings (SSSR count). The van der Waals surface area contributed by atoms with Crippen LogP contribution in [0.25, 0.3) is 5.65 Å². The van der Waals surface area contributed by atoms with Crippen LogP contribution in [0, 0.1) is 0 Å². The van der Waals surface area contributed by atoms with Gasteiger partial charge in [0, 0.05) is 38.6 Å². The lowest BCUT2D eigenvalue weighted by Gasteiger charge is -2.05. The number of pyridine rings is 1. The first kappa shape index (κ1) is 13.2. The number of rotatable bonds is 5. The summed E-state index contributed by atoms with van der Waals surface area (Å²) in [4.78, 5) is 20.0. The van der Waals surface area contributed by atoms with Gasteiger partial charge < -0.3 is 15.0 Å². The highest BCUT2D eigenvalue weighted by Gasteiger charge is 2.17. The summed E-state index contributed by atoms with van der Waals surface area (Å²) in [6.07, 6.45) is 6.00. The number of carboxylic acids is 1. The zero-order chi connectivity index (χ0) is 14.8. The average molecular weight is 285 g/mol. The van der Waals surface area contributed by atoms with Gasteiger partial charge in [0.05, 0.1) is 0 Å². The van der Waals surface area contributed by atoms with E-state index in [1.807, 2.05) is 23.9 Å². The Morgan fingerprint density at radius 2 is 2.24 bits per heavy atom. The van der Waals surface area contributed by atoms with E-state index in [0.717, 1.165) is 5.82 Å². The van der Waals surface area contributed by atoms with Crippen LogP contribution in [0.4, 0.5) is 5.82 Å². The van der Waals surface area contributed by atoms with E-state index in [1.54, 1.807) is 28.9 Å². The van der Waals surface area contributed by atoms with Crippen molar-refractivity contribution in [3.63, 3.8) is 0 Å². The average Bonchev–Trinajstić information content (AvgIpc) is 3.02. The van der Waals surface area contributed by atoms with Crippen LogP contribution in [0.2, 0.25) is 0 Å². The van der Waals surface area contributed by atoms with Crippen LogP contribution in [0.1, 0.15) is 16.3 Å². The number of hydrogen-bond acceptors (Lipinski definition) is 4. The number of carbonyl (C=O) groups is 1. The van der Waals surface area contributed by atoms with E-state index >= 15 is 0 Å². The first-order valence-corrected chi connectivity index (χ1v) is 6.57. The van der Waals surface area contributed by atoms with Crippen molar-refractivity contribution in [2.24, 2.45) is 7.05 Å². The highest BCUT2D eigenvalue weighted by Crippen LogP contribution is 2.17. The predicted molar refractivity (Wildman–Crippen MR) is 77.6 cm³/mol. The lowest BCUT2D eigenvalue weighted by Crippen LogP contribution is -2.12. The van der Waals surface area contributed by atoms with Crippen LogP contribution in [-0.2, 0) is 13.5 Å². The Hall–Kier alpha value is -2.83. The second-order valence-corrected chi connectivity index (χ2v) is 4.67. The van der Waals surface area contributed by atoms with Crippen LogP contribution in [0.5, 0.6) is 0 Å². The van der Waals surface area contributed by atoms with E-state index < -0.39 is 5.97 Å².